The number of esters is 1. The van der Waals surface area contributed by atoms with Crippen molar-refractivity contribution in [2.75, 3.05) is 13.2 Å². The number of rotatable bonds is 7. The van der Waals surface area contributed by atoms with E-state index in [-0.39, 0.29) is 19.2 Å². The van der Waals surface area contributed by atoms with E-state index in [0.29, 0.717) is 19.3 Å². The van der Waals surface area contributed by atoms with Crippen molar-refractivity contribution in [3.8, 4) is 0 Å². The van der Waals surface area contributed by atoms with Gasteiger partial charge in [0, 0.05) is 6.61 Å². The fourth-order valence-corrected chi connectivity index (χ4v) is 0.922. The average Bonchev–Trinajstić information content (AvgIpc) is 2.22. The van der Waals surface area contributed by atoms with Gasteiger partial charge >= 0.3 is 5.97 Å². The van der Waals surface area contributed by atoms with Gasteiger partial charge in [0.15, 0.2) is 0 Å². The second kappa shape index (κ2) is 6.80. The lowest BCUT2D eigenvalue weighted by atomic mass is 9.91. The highest BCUT2D eigenvalue weighted by Gasteiger charge is 2.27. The van der Waals surface area contributed by atoms with E-state index in [0.717, 1.165) is 0 Å². The molecule has 15 heavy (non-hydrogen) atoms. The van der Waals surface area contributed by atoms with Gasteiger partial charge in [-0.2, -0.15) is 0 Å². The molecule has 4 heteroatoms. The molecular weight excluding hydrogens is 196 g/mol. The van der Waals surface area contributed by atoms with E-state index in [1.165, 1.54) is 0 Å². The zero-order valence-electron chi connectivity index (χ0n) is 9.82. The number of hydrogen-bond donors (Lipinski definition) is 2. The van der Waals surface area contributed by atoms with Crippen LogP contribution >= 0.6 is 0 Å². The monoisotopic (exact) mass is 218 g/mol. The summed E-state index contributed by atoms with van der Waals surface area (Å²) in [6.07, 6.45) is 1.01. The molecule has 90 valence electrons. The molecule has 0 aliphatic heterocycles. The normalized spacial score (nSPS) is 13.7. The van der Waals surface area contributed by atoms with Gasteiger partial charge in [-0.3, -0.25) is 4.79 Å². The summed E-state index contributed by atoms with van der Waals surface area (Å²) in [6, 6.07) is 0. The first-order valence-corrected chi connectivity index (χ1v) is 5.40. The van der Waals surface area contributed by atoms with Crippen LogP contribution in [0.5, 0.6) is 0 Å². The van der Waals surface area contributed by atoms with Gasteiger partial charge in [0.2, 0.25) is 0 Å². The molecule has 1 atom stereocenters. The molecule has 0 aliphatic carbocycles. The second-order valence-electron chi connectivity index (χ2n) is 4.36. The lowest BCUT2D eigenvalue weighted by molar-refractivity contribution is -0.157. The first kappa shape index (κ1) is 14.4. The number of hydrogen-bond acceptors (Lipinski definition) is 4. The van der Waals surface area contributed by atoms with Crippen LogP contribution < -0.4 is 0 Å². The molecule has 0 radical (unpaired) electrons. The van der Waals surface area contributed by atoms with Crippen LogP contribution in [0.3, 0.4) is 0 Å². The zero-order chi connectivity index (χ0) is 11.9. The molecule has 0 bridgehead atoms. The molecule has 0 aromatic heterocycles. The first-order chi connectivity index (χ1) is 6.94. The summed E-state index contributed by atoms with van der Waals surface area (Å²) in [6.45, 7) is 5.61. The van der Waals surface area contributed by atoms with Crippen molar-refractivity contribution in [3.63, 3.8) is 0 Å². The van der Waals surface area contributed by atoms with Crippen LogP contribution in [0, 0.1) is 5.41 Å². The van der Waals surface area contributed by atoms with Crippen molar-refractivity contribution in [3.05, 3.63) is 0 Å². The summed E-state index contributed by atoms with van der Waals surface area (Å²) in [4.78, 5) is 11.5. The zero-order valence-corrected chi connectivity index (χ0v) is 9.82. The van der Waals surface area contributed by atoms with Crippen LogP contribution in [0.2, 0.25) is 0 Å². The van der Waals surface area contributed by atoms with Crippen molar-refractivity contribution < 1.29 is 19.7 Å². The molecule has 0 spiro atoms. The molecule has 0 amide bonds. The minimum absolute atomic E-state index is 0.0161. The van der Waals surface area contributed by atoms with E-state index in [4.69, 9.17) is 9.84 Å². The Morgan fingerprint density at radius 3 is 2.53 bits per heavy atom. The lowest BCUT2D eigenvalue weighted by Crippen LogP contribution is -2.29. The Morgan fingerprint density at radius 1 is 1.47 bits per heavy atom. The standard InChI is InChI=1S/C11H22O4/c1-4-11(2,3)10(14)15-8-9(13)6-5-7-12/h9,12-13H,4-8H2,1-3H3. The third kappa shape index (κ3) is 5.74. The number of carbonyl (C=O) groups is 1. The molecular formula is C11H22O4. The predicted octanol–water partition coefficient (Wildman–Crippen LogP) is 1.10. The Kier molecular flexibility index (Phi) is 6.52. The topological polar surface area (TPSA) is 66.8 Å². The van der Waals surface area contributed by atoms with Gasteiger partial charge in [-0.25, -0.2) is 0 Å². The van der Waals surface area contributed by atoms with E-state index in [9.17, 15) is 9.90 Å². The summed E-state index contributed by atoms with van der Waals surface area (Å²) >= 11 is 0. The van der Waals surface area contributed by atoms with Crippen LogP contribution in [0.1, 0.15) is 40.0 Å². The van der Waals surface area contributed by atoms with Crippen LogP contribution in [0.25, 0.3) is 0 Å². The van der Waals surface area contributed by atoms with Crippen molar-refractivity contribution >= 4 is 5.97 Å². The molecule has 0 rings (SSSR count). The molecule has 0 fully saturated rings. The van der Waals surface area contributed by atoms with Crippen molar-refractivity contribution in [2.24, 2.45) is 5.41 Å². The van der Waals surface area contributed by atoms with Crippen LogP contribution in [0.15, 0.2) is 0 Å². The maximum Gasteiger partial charge on any atom is 0.311 e. The Morgan fingerprint density at radius 2 is 2.07 bits per heavy atom. The van der Waals surface area contributed by atoms with E-state index in [1.54, 1.807) is 0 Å². The van der Waals surface area contributed by atoms with Gasteiger partial charge in [0.1, 0.15) is 6.61 Å². The Labute approximate surface area is 91.3 Å². The third-order valence-corrected chi connectivity index (χ3v) is 2.54. The summed E-state index contributed by atoms with van der Waals surface area (Å²) in [7, 11) is 0. The van der Waals surface area contributed by atoms with Crippen LogP contribution in [-0.4, -0.2) is 35.5 Å². The smallest absolute Gasteiger partial charge is 0.311 e. The molecule has 1 unspecified atom stereocenters. The van der Waals surface area contributed by atoms with Crippen molar-refractivity contribution in [2.45, 2.75) is 46.1 Å². The summed E-state index contributed by atoms with van der Waals surface area (Å²) in [5.41, 5.74) is -0.489. The number of aliphatic hydroxyl groups is 2. The highest BCUT2D eigenvalue weighted by Crippen LogP contribution is 2.21. The van der Waals surface area contributed by atoms with Crippen molar-refractivity contribution in [1.29, 1.82) is 0 Å². The summed E-state index contributed by atoms with van der Waals surface area (Å²) in [5, 5.41) is 17.9. The first-order valence-electron chi connectivity index (χ1n) is 5.40. The van der Waals surface area contributed by atoms with Gasteiger partial charge in [0.05, 0.1) is 11.5 Å². The Bertz CT molecular complexity index is 189. The molecule has 0 aromatic rings. The molecule has 0 heterocycles. The van der Waals surface area contributed by atoms with E-state index in [2.05, 4.69) is 0 Å². The predicted molar refractivity (Wildman–Crippen MR) is 57.4 cm³/mol. The minimum Gasteiger partial charge on any atom is -0.463 e. The van der Waals surface area contributed by atoms with E-state index >= 15 is 0 Å². The van der Waals surface area contributed by atoms with Crippen LogP contribution in [-0.2, 0) is 9.53 Å². The number of carbonyl (C=O) groups excluding carboxylic acids is 1. The maximum absolute atomic E-state index is 11.5. The van der Waals surface area contributed by atoms with Crippen LogP contribution in [0.4, 0.5) is 0 Å². The number of aliphatic hydroxyl groups excluding tert-OH is 2. The largest absolute Gasteiger partial charge is 0.463 e. The van der Waals surface area contributed by atoms with Crippen molar-refractivity contribution in [1.82, 2.24) is 0 Å². The molecule has 0 aromatic carbocycles. The van der Waals surface area contributed by atoms with Gasteiger partial charge in [-0.05, 0) is 33.1 Å². The molecule has 0 saturated heterocycles. The van der Waals surface area contributed by atoms with E-state index in [1.807, 2.05) is 20.8 Å². The maximum atomic E-state index is 11.5. The fourth-order valence-electron chi connectivity index (χ4n) is 0.922. The molecule has 0 aliphatic rings. The highest BCUT2D eigenvalue weighted by molar-refractivity contribution is 5.75. The number of ether oxygens (including phenoxy) is 1. The van der Waals surface area contributed by atoms with Gasteiger partial charge in [-0.1, -0.05) is 6.92 Å². The molecule has 0 saturated carbocycles. The minimum atomic E-state index is -0.672. The average molecular weight is 218 g/mol. The second-order valence-corrected chi connectivity index (χ2v) is 4.36. The fraction of sp³-hybridized carbons (Fsp3) is 0.909. The molecule has 4 nitrogen and oxygen atoms in total. The SMILES string of the molecule is CCC(C)(C)C(=O)OCC(O)CCCO. The third-order valence-electron chi connectivity index (χ3n) is 2.54. The highest BCUT2D eigenvalue weighted by atomic mass is 16.5. The lowest BCUT2D eigenvalue weighted by Gasteiger charge is -2.21. The molecule has 2 N–H and O–H groups in total. The van der Waals surface area contributed by atoms with Gasteiger partial charge in [-0.15, -0.1) is 0 Å². The summed E-state index contributed by atoms with van der Waals surface area (Å²) in [5.74, 6) is -0.284. The Hall–Kier alpha value is -0.610. The van der Waals surface area contributed by atoms with Gasteiger partial charge < -0.3 is 14.9 Å². The van der Waals surface area contributed by atoms with Gasteiger partial charge in [0.25, 0.3) is 0 Å². The Balaban J connectivity index is 3.80. The summed E-state index contributed by atoms with van der Waals surface area (Å²) < 4.78 is 4.99. The van der Waals surface area contributed by atoms with E-state index < -0.39 is 11.5 Å². The quantitative estimate of drug-likeness (QED) is 0.628.